The molecular formula is C10H13NO4S2. The third-order valence-corrected chi connectivity index (χ3v) is 5.38. The summed E-state index contributed by atoms with van der Waals surface area (Å²) in [5.41, 5.74) is 0.0481. The van der Waals surface area contributed by atoms with Crippen molar-refractivity contribution >= 4 is 27.3 Å². The summed E-state index contributed by atoms with van der Waals surface area (Å²) in [5, 5.41) is 10.3. The number of nitrogens with one attached hydrogen (secondary N) is 1. The van der Waals surface area contributed by atoms with Gasteiger partial charge < -0.3 is 5.11 Å². The number of sulfonamides is 1. The molecule has 0 unspecified atom stereocenters. The van der Waals surface area contributed by atoms with Gasteiger partial charge in [-0.1, -0.05) is 6.92 Å². The van der Waals surface area contributed by atoms with E-state index in [9.17, 15) is 13.2 Å². The average Bonchev–Trinajstić information content (AvgIpc) is 2.81. The highest BCUT2D eigenvalue weighted by Crippen LogP contribution is 2.44. The van der Waals surface area contributed by atoms with Gasteiger partial charge in [0.15, 0.2) is 0 Å². The second-order valence-corrected chi connectivity index (χ2v) is 7.21. The topological polar surface area (TPSA) is 83.5 Å². The van der Waals surface area contributed by atoms with E-state index in [1.54, 1.807) is 0 Å². The van der Waals surface area contributed by atoms with E-state index in [1.165, 1.54) is 11.4 Å². The molecule has 1 aliphatic carbocycles. The molecule has 0 saturated heterocycles. The van der Waals surface area contributed by atoms with Gasteiger partial charge in [0.25, 0.3) is 0 Å². The van der Waals surface area contributed by atoms with Gasteiger partial charge in [0.05, 0.1) is 0 Å². The van der Waals surface area contributed by atoms with Gasteiger partial charge in [0.2, 0.25) is 10.0 Å². The Hall–Kier alpha value is -0.920. The van der Waals surface area contributed by atoms with E-state index in [0.29, 0.717) is 6.54 Å². The monoisotopic (exact) mass is 275 g/mol. The van der Waals surface area contributed by atoms with Crippen LogP contribution < -0.4 is 4.72 Å². The minimum absolute atomic E-state index is 0.0481. The number of rotatable bonds is 5. The maximum Gasteiger partial charge on any atom is 0.347 e. The second-order valence-electron chi connectivity index (χ2n) is 4.55. The van der Waals surface area contributed by atoms with Crippen LogP contribution in [0.5, 0.6) is 0 Å². The first-order valence-electron chi connectivity index (χ1n) is 5.15. The van der Waals surface area contributed by atoms with Gasteiger partial charge >= 0.3 is 5.97 Å². The van der Waals surface area contributed by atoms with Crippen molar-refractivity contribution in [3.63, 3.8) is 0 Å². The molecule has 0 amide bonds. The molecule has 1 fully saturated rings. The van der Waals surface area contributed by atoms with Crippen LogP contribution in [0.15, 0.2) is 16.3 Å². The largest absolute Gasteiger partial charge is 0.477 e. The van der Waals surface area contributed by atoms with E-state index >= 15 is 0 Å². The summed E-state index contributed by atoms with van der Waals surface area (Å²) in [6, 6.07) is 1.33. The number of hydrogen-bond acceptors (Lipinski definition) is 4. The first-order valence-corrected chi connectivity index (χ1v) is 7.51. The Balaban J connectivity index is 2.19. The first-order chi connectivity index (χ1) is 7.84. The lowest BCUT2D eigenvalue weighted by Crippen LogP contribution is -2.29. The van der Waals surface area contributed by atoms with E-state index in [2.05, 4.69) is 4.72 Å². The highest BCUT2D eigenvalue weighted by molar-refractivity contribution is 7.89. The van der Waals surface area contributed by atoms with Crippen LogP contribution in [0, 0.1) is 5.41 Å². The SMILES string of the molecule is CC1(CNS(=O)(=O)c2ccsc2C(=O)O)CC1. The van der Waals surface area contributed by atoms with Gasteiger partial charge in [0, 0.05) is 6.54 Å². The first kappa shape index (κ1) is 12.5. The van der Waals surface area contributed by atoms with Crippen molar-refractivity contribution in [2.24, 2.45) is 5.41 Å². The summed E-state index contributed by atoms with van der Waals surface area (Å²) in [5.74, 6) is -1.21. The zero-order valence-electron chi connectivity index (χ0n) is 9.26. The Morgan fingerprint density at radius 3 is 2.76 bits per heavy atom. The number of thiophene rings is 1. The van der Waals surface area contributed by atoms with Gasteiger partial charge in [-0.2, -0.15) is 0 Å². The molecule has 1 saturated carbocycles. The van der Waals surface area contributed by atoms with Gasteiger partial charge in [-0.15, -0.1) is 11.3 Å². The minimum atomic E-state index is -3.71. The Kier molecular flexibility index (Phi) is 3.01. The molecule has 0 radical (unpaired) electrons. The van der Waals surface area contributed by atoms with Crippen LogP contribution in [0.4, 0.5) is 0 Å². The number of aromatic carboxylic acids is 1. The third-order valence-electron chi connectivity index (χ3n) is 2.91. The molecule has 2 rings (SSSR count). The molecule has 1 aromatic rings. The number of hydrogen-bond donors (Lipinski definition) is 2. The van der Waals surface area contributed by atoms with Gasteiger partial charge in [-0.3, -0.25) is 0 Å². The maximum absolute atomic E-state index is 11.9. The van der Waals surface area contributed by atoms with Crippen molar-refractivity contribution in [1.29, 1.82) is 0 Å². The highest BCUT2D eigenvalue weighted by atomic mass is 32.2. The molecule has 0 bridgehead atoms. The van der Waals surface area contributed by atoms with E-state index in [4.69, 9.17) is 5.11 Å². The van der Waals surface area contributed by atoms with E-state index in [-0.39, 0.29) is 15.2 Å². The summed E-state index contributed by atoms with van der Waals surface area (Å²) in [7, 11) is -3.71. The van der Waals surface area contributed by atoms with Crippen LogP contribution in [0.2, 0.25) is 0 Å². The number of carboxylic acid groups (broad SMARTS) is 1. The molecule has 1 aliphatic rings. The van der Waals surface area contributed by atoms with Crippen LogP contribution in [-0.2, 0) is 10.0 Å². The smallest absolute Gasteiger partial charge is 0.347 e. The Bertz CT molecular complexity index is 542. The second kappa shape index (κ2) is 4.08. The van der Waals surface area contributed by atoms with Crippen LogP contribution in [0.1, 0.15) is 29.4 Å². The zero-order chi connectivity index (χ0) is 12.7. The number of carboxylic acids is 1. The van der Waals surface area contributed by atoms with Crippen LogP contribution in [0.3, 0.4) is 0 Å². The normalized spacial score (nSPS) is 17.9. The van der Waals surface area contributed by atoms with Crippen LogP contribution in [-0.4, -0.2) is 26.0 Å². The molecule has 2 N–H and O–H groups in total. The lowest BCUT2D eigenvalue weighted by molar-refractivity contribution is 0.0698. The molecule has 0 atom stereocenters. The van der Waals surface area contributed by atoms with E-state index in [0.717, 1.165) is 24.2 Å². The molecule has 17 heavy (non-hydrogen) atoms. The Morgan fingerprint density at radius 2 is 2.24 bits per heavy atom. The average molecular weight is 275 g/mol. The molecule has 0 spiro atoms. The van der Waals surface area contributed by atoms with Crippen molar-refractivity contribution in [3.05, 3.63) is 16.3 Å². The fourth-order valence-corrected chi connectivity index (χ4v) is 3.86. The molecule has 1 aromatic heterocycles. The summed E-state index contributed by atoms with van der Waals surface area (Å²) in [4.78, 5) is 10.6. The fraction of sp³-hybridized carbons (Fsp3) is 0.500. The van der Waals surface area contributed by atoms with Crippen molar-refractivity contribution in [3.8, 4) is 0 Å². The van der Waals surface area contributed by atoms with Crippen molar-refractivity contribution < 1.29 is 18.3 Å². The Labute approximate surface area is 104 Å². The van der Waals surface area contributed by atoms with Crippen molar-refractivity contribution in [1.82, 2.24) is 4.72 Å². The standard InChI is InChI=1S/C10H13NO4S2/c1-10(3-4-10)6-11-17(14,15)7-2-5-16-8(7)9(12)13/h2,5,11H,3-4,6H2,1H3,(H,12,13). The molecule has 0 aliphatic heterocycles. The molecule has 5 nitrogen and oxygen atoms in total. The summed E-state index contributed by atoms with van der Waals surface area (Å²) < 4.78 is 26.3. The lowest BCUT2D eigenvalue weighted by Gasteiger charge is -2.10. The molecule has 1 heterocycles. The molecular weight excluding hydrogens is 262 g/mol. The Morgan fingerprint density at radius 1 is 1.59 bits per heavy atom. The lowest BCUT2D eigenvalue weighted by atomic mass is 10.2. The molecule has 0 aromatic carbocycles. The fourth-order valence-electron chi connectivity index (χ4n) is 1.40. The molecule has 94 valence electrons. The van der Waals surface area contributed by atoms with E-state index in [1.807, 2.05) is 6.92 Å². The van der Waals surface area contributed by atoms with Gasteiger partial charge in [0.1, 0.15) is 9.77 Å². The van der Waals surface area contributed by atoms with Gasteiger partial charge in [-0.05, 0) is 29.7 Å². The maximum atomic E-state index is 11.9. The molecule has 7 heteroatoms. The predicted octanol–water partition coefficient (Wildman–Crippen LogP) is 1.52. The van der Waals surface area contributed by atoms with Crippen molar-refractivity contribution in [2.75, 3.05) is 6.54 Å². The quantitative estimate of drug-likeness (QED) is 0.853. The summed E-state index contributed by atoms with van der Waals surface area (Å²) >= 11 is 0.915. The predicted molar refractivity (Wildman–Crippen MR) is 63.8 cm³/mol. The third kappa shape index (κ3) is 2.67. The van der Waals surface area contributed by atoms with Crippen LogP contribution >= 0.6 is 11.3 Å². The van der Waals surface area contributed by atoms with Crippen molar-refractivity contribution in [2.45, 2.75) is 24.7 Å². The number of carbonyl (C=O) groups is 1. The highest BCUT2D eigenvalue weighted by Gasteiger charge is 2.38. The van der Waals surface area contributed by atoms with Crippen LogP contribution in [0.25, 0.3) is 0 Å². The zero-order valence-corrected chi connectivity index (χ0v) is 10.9. The minimum Gasteiger partial charge on any atom is -0.477 e. The van der Waals surface area contributed by atoms with Gasteiger partial charge in [-0.25, -0.2) is 17.9 Å². The summed E-state index contributed by atoms with van der Waals surface area (Å²) in [6.07, 6.45) is 2.01. The van der Waals surface area contributed by atoms with E-state index < -0.39 is 16.0 Å². The summed E-state index contributed by atoms with van der Waals surface area (Å²) in [6.45, 7) is 2.37.